The number of rotatable bonds is 3. The van der Waals surface area contributed by atoms with E-state index in [-0.39, 0.29) is 24.2 Å². The van der Waals surface area contributed by atoms with Crippen molar-refractivity contribution < 1.29 is 29.3 Å². The van der Waals surface area contributed by atoms with Gasteiger partial charge in [-0.15, -0.1) is 17.9 Å². The van der Waals surface area contributed by atoms with E-state index in [1.807, 2.05) is 39.0 Å². The van der Waals surface area contributed by atoms with Crippen LogP contribution in [0, 0.1) is 24.2 Å². The number of fused-ring (bicyclic) bond motifs is 2. The second-order valence-electron chi connectivity index (χ2n) is 11.5. The SMILES string of the molecule is C=CCC1C(=O)C(C)(C)C(O)CC(=O)OC(c2ccc3sc(C)nc3c2)C2OC2(C)CCCC(C)C1O. The summed E-state index contributed by atoms with van der Waals surface area (Å²) in [4.78, 5) is 31.3. The molecule has 7 nitrogen and oxygen atoms in total. The molecule has 2 aromatic rings. The highest BCUT2D eigenvalue weighted by Crippen LogP contribution is 2.50. The number of nitrogens with zero attached hydrogens (tertiary/aromatic N) is 1. The van der Waals surface area contributed by atoms with Gasteiger partial charge in [-0.2, -0.15) is 0 Å². The lowest BCUT2D eigenvalue weighted by Gasteiger charge is -2.35. The largest absolute Gasteiger partial charge is 0.454 e. The Kier molecular flexibility index (Phi) is 7.96. The number of hydrogen-bond acceptors (Lipinski definition) is 8. The maximum absolute atomic E-state index is 13.5. The van der Waals surface area contributed by atoms with Crippen LogP contribution < -0.4 is 0 Å². The molecule has 0 radical (unpaired) electrons. The smallest absolute Gasteiger partial charge is 0.309 e. The first-order valence-corrected chi connectivity index (χ1v) is 13.9. The number of aryl methyl sites for hydroxylation is 1. The zero-order valence-electron chi connectivity index (χ0n) is 22.4. The number of epoxide rings is 1. The van der Waals surface area contributed by atoms with Gasteiger partial charge < -0.3 is 19.7 Å². The number of aliphatic hydroxyl groups is 2. The van der Waals surface area contributed by atoms with Crippen molar-refractivity contribution in [1.82, 2.24) is 4.98 Å². The van der Waals surface area contributed by atoms with E-state index in [4.69, 9.17) is 9.47 Å². The predicted molar refractivity (Wildman–Crippen MR) is 143 cm³/mol. The summed E-state index contributed by atoms with van der Waals surface area (Å²) < 4.78 is 13.2. The molecule has 2 aliphatic rings. The lowest BCUT2D eigenvalue weighted by Crippen LogP contribution is -2.46. The van der Waals surface area contributed by atoms with Crippen molar-refractivity contribution >= 4 is 33.3 Å². The minimum absolute atomic E-state index is 0.128. The van der Waals surface area contributed by atoms with Gasteiger partial charge in [-0.05, 0) is 56.7 Å². The third-order valence-electron chi connectivity index (χ3n) is 8.23. The van der Waals surface area contributed by atoms with E-state index in [1.54, 1.807) is 31.3 Å². The standard InChI is InChI=1S/C29H39NO6S/c1-7-9-19-24(33)16(2)10-8-13-29(6)27(36-29)25(18-11-12-21-20(14-18)30-17(3)37-21)35-23(32)15-22(31)28(4,5)26(19)34/h7,11-12,14,16,19,22,24-25,27,31,33H,1,8-10,13,15H2,2-6H3. The van der Waals surface area contributed by atoms with E-state index in [0.29, 0.717) is 12.8 Å². The van der Waals surface area contributed by atoms with Crippen molar-refractivity contribution in [2.24, 2.45) is 17.3 Å². The van der Waals surface area contributed by atoms with Crippen LogP contribution in [0.4, 0.5) is 0 Å². The predicted octanol–water partition coefficient (Wildman–Crippen LogP) is 5.07. The van der Waals surface area contributed by atoms with Gasteiger partial charge in [-0.1, -0.05) is 39.3 Å². The first-order chi connectivity index (χ1) is 17.4. The molecule has 0 bridgehead atoms. The number of aromatic nitrogens is 1. The fraction of sp³-hybridized carbons (Fsp3) is 0.621. The zero-order valence-corrected chi connectivity index (χ0v) is 23.2. The molecule has 4 rings (SSSR count). The number of ether oxygens (including phenoxy) is 2. The van der Waals surface area contributed by atoms with E-state index in [0.717, 1.165) is 33.6 Å². The van der Waals surface area contributed by atoms with E-state index in [1.165, 1.54) is 0 Å². The van der Waals surface area contributed by atoms with Gasteiger partial charge in [-0.3, -0.25) is 9.59 Å². The number of Topliss-reactive ketones (excluding diaryl/α,β-unsaturated/α-hetero) is 1. The lowest BCUT2D eigenvalue weighted by atomic mass is 9.71. The van der Waals surface area contributed by atoms with E-state index < -0.39 is 41.2 Å². The molecule has 3 heterocycles. The Hall–Kier alpha value is -2.13. The summed E-state index contributed by atoms with van der Waals surface area (Å²) in [5.41, 5.74) is -0.0946. The fourth-order valence-corrected chi connectivity index (χ4v) is 6.36. The van der Waals surface area contributed by atoms with Gasteiger partial charge in [-0.25, -0.2) is 4.98 Å². The Bertz CT molecular complexity index is 1170. The van der Waals surface area contributed by atoms with Crippen molar-refractivity contribution in [3.8, 4) is 0 Å². The number of carbonyl (C=O) groups excluding carboxylic acids is 2. The number of carbonyl (C=O) groups is 2. The molecule has 2 aliphatic heterocycles. The Morgan fingerprint density at radius 1 is 1.24 bits per heavy atom. The van der Waals surface area contributed by atoms with E-state index in [2.05, 4.69) is 11.6 Å². The van der Waals surface area contributed by atoms with Crippen molar-refractivity contribution in [2.45, 2.75) is 96.7 Å². The van der Waals surface area contributed by atoms with Gasteiger partial charge in [0.2, 0.25) is 0 Å². The number of esters is 1. The molecule has 202 valence electrons. The van der Waals surface area contributed by atoms with E-state index >= 15 is 0 Å². The fourth-order valence-electron chi connectivity index (χ4n) is 5.55. The molecule has 37 heavy (non-hydrogen) atoms. The van der Waals surface area contributed by atoms with Crippen LogP contribution in [0.1, 0.15) is 76.5 Å². The van der Waals surface area contributed by atoms with Crippen LogP contribution >= 0.6 is 11.3 Å². The number of hydrogen-bond donors (Lipinski definition) is 2. The minimum Gasteiger partial charge on any atom is -0.454 e. The molecule has 0 spiro atoms. The molecule has 1 aromatic carbocycles. The number of ketones is 1. The molecule has 2 saturated heterocycles. The van der Waals surface area contributed by atoms with Crippen molar-refractivity contribution in [3.05, 3.63) is 41.4 Å². The van der Waals surface area contributed by atoms with Crippen molar-refractivity contribution in [1.29, 1.82) is 0 Å². The highest BCUT2D eigenvalue weighted by Gasteiger charge is 2.58. The van der Waals surface area contributed by atoms with Gasteiger partial charge in [0.1, 0.15) is 11.9 Å². The number of allylic oxidation sites excluding steroid dienone is 1. The summed E-state index contributed by atoms with van der Waals surface area (Å²) in [5.74, 6) is -1.72. The van der Waals surface area contributed by atoms with Gasteiger partial charge in [0.15, 0.2) is 6.10 Å². The summed E-state index contributed by atoms with van der Waals surface area (Å²) in [6, 6.07) is 5.86. The highest BCUT2D eigenvalue weighted by atomic mass is 32.1. The first kappa shape index (κ1) is 27.9. The van der Waals surface area contributed by atoms with Crippen LogP contribution in [-0.4, -0.2) is 50.9 Å². The maximum atomic E-state index is 13.5. The first-order valence-electron chi connectivity index (χ1n) is 13.1. The average Bonchev–Trinajstić information content (AvgIpc) is 3.35. The average molecular weight is 530 g/mol. The van der Waals surface area contributed by atoms with E-state index in [9.17, 15) is 19.8 Å². The highest BCUT2D eigenvalue weighted by molar-refractivity contribution is 7.18. The summed E-state index contributed by atoms with van der Waals surface area (Å²) in [6.07, 6.45) is 0.672. The second kappa shape index (κ2) is 10.6. The normalized spacial score (nSPS) is 35.2. The topological polar surface area (TPSA) is 109 Å². The Balaban J connectivity index is 1.66. The second-order valence-corrected chi connectivity index (χ2v) is 12.8. The molecule has 2 fully saturated rings. The van der Waals surface area contributed by atoms with Crippen molar-refractivity contribution in [2.75, 3.05) is 0 Å². The molecule has 7 unspecified atom stereocenters. The molecule has 8 heteroatoms. The number of benzene rings is 1. The summed E-state index contributed by atoms with van der Waals surface area (Å²) in [6.45, 7) is 12.9. The van der Waals surface area contributed by atoms with Crippen LogP contribution in [0.15, 0.2) is 30.9 Å². The summed E-state index contributed by atoms with van der Waals surface area (Å²) in [7, 11) is 0. The Labute approximate surface area is 222 Å². The molecule has 0 saturated carbocycles. The molecule has 0 aliphatic carbocycles. The van der Waals surface area contributed by atoms with Crippen LogP contribution in [0.5, 0.6) is 0 Å². The van der Waals surface area contributed by atoms with Crippen LogP contribution in [-0.2, 0) is 19.1 Å². The van der Waals surface area contributed by atoms with Gasteiger partial charge in [0.05, 0.1) is 44.9 Å². The molecule has 2 N–H and O–H groups in total. The van der Waals surface area contributed by atoms with Crippen LogP contribution in [0.2, 0.25) is 0 Å². The summed E-state index contributed by atoms with van der Waals surface area (Å²) >= 11 is 1.61. The van der Waals surface area contributed by atoms with Gasteiger partial charge >= 0.3 is 5.97 Å². The monoisotopic (exact) mass is 529 g/mol. The van der Waals surface area contributed by atoms with Gasteiger partial charge in [0, 0.05) is 5.92 Å². The molecular formula is C29H39NO6S. The lowest BCUT2D eigenvalue weighted by molar-refractivity contribution is -0.157. The molecule has 7 atom stereocenters. The van der Waals surface area contributed by atoms with Crippen molar-refractivity contribution in [3.63, 3.8) is 0 Å². The molecule has 0 amide bonds. The Morgan fingerprint density at radius 2 is 1.97 bits per heavy atom. The molecular weight excluding hydrogens is 490 g/mol. The third kappa shape index (κ3) is 5.67. The number of aliphatic hydroxyl groups excluding tert-OH is 2. The minimum atomic E-state index is -1.27. The number of thiazole rings is 1. The quantitative estimate of drug-likeness (QED) is 0.325. The summed E-state index contributed by atoms with van der Waals surface area (Å²) in [5, 5.41) is 23.1. The van der Waals surface area contributed by atoms with Gasteiger partial charge in [0.25, 0.3) is 0 Å². The third-order valence-corrected chi connectivity index (χ3v) is 9.19. The van der Waals surface area contributed by atoms with Crippen LogP contribution in [0.25, 0.3) is 10.2 Å². The Morgan fingerprint density at radius 3 is 2.68 bits per heavy atom. The van der Waals surface area contributed by atoms with Crippen LogP contribution in [0.3, 0.4) is 0 Å². The zero-order chi connectivity index (χ0) is 27.1. The number of cyclic esters (lactones) is 1. The molecule has 1 aromatic heterocycles. The maximum Gasteiger partial charge on any atom is 0.309 e.